The van der Waals surface area contributed by atoms with Crippen LogP contribution in [0, 0.1) is 11.8 Å². The van der Waals surface area contributed by atoms with Crippen molar-refractivity contribution < 1.29 is 67.7 Å². The molecule has 1 aliphatic heterocycles. The molecule has 1 saturated heterocycles. The Kier molecular flexibility index (Phi) is 33.0. The average molecular weight is 1210 g/mol. The van der Waals surface area contributed by atoms with Crippen molar-refractivity contribution >= 4 is 88.7 Å². The third-order valence-electron chi connectivity index (χ3n) is 12.9. The van der Waals surface area contributed by atoms with Crippen LogP contribution in [0.4, 0.5) is 0 Å². The minimum atomic E-state index is -1.63. The Morgan fingerprint density at radius 3 is 1.77 bits per heavy atom. The van der Waals surface area contributed by atoms with Crippen molar-refractivity contribution in [2.24, 2.45) is 34.0 Å². The number of primary amides is 1. The van der Waals surface area contributed by atoms with Gasteiger partial charge in [-0.25, -0.2) is 10.4 Å². The van der Waals surface area contributed by atoms with Crippen LogP contribution in [0.15, 0.2) is 17.5 Å². The van der Waals surface area contributed by atoms with Gasteiger partial charge in [0.05, 0.1) is 18.9 Å². The number of aromatic amines is 1. The minimum absolute atomic E-state index is 0.00909. The van der Waals surface area contributed by atoms with Crippen LogP contribution in [0.25, 0.3) is 0 Å². The molecule has 11 amide bonds. The van der Waals surface area contributed by atoms with Gasteiger partial charge in [-0.05, 0) is 89.1 Å². The summed E-state index contributed by atoms with van der Waals surface area (Å²) in [4.78, 5) is 173. The highest BCUT2D eigenvalue weighted by atomic mass is 32.2. The summed E-state index contributed by atoms with van der Waals surface area (Å²) < 4.78 is 0. The summed E-state index contributed by atoms with van der Waals surface area (Å²) in [7, 11) is 0. The highest BCUT2D eigenvalue weighted by Crippen LogP contribution is 2.12. The maximum atomic E-state index is 14.2. The van der Waals surface area contributed by atoms with Gasteiger partial charge in [-0.15, -0.1) is 0 Å². The number of rotatable bonds is 19. The van der Waals surface area contributed by atoms with Gasteiger partial charge in [0.2, 0.25) is 59.1 Å². The molecule has 0 aromatic carbocycles. The predicted molar refractivity (Wildman–Crippen MR) is 309 cm³/mol. The van der Waals surface area contributed by atoms with Crippen LogP contribution in [0.3, 0.4) is 0 Å². The van der Waals surface area contributed by atoms with E-state index in [1.165, 1.54) is 38.1 Å². The first-order valence-electron chi connectivity index (χ1n) is 28.1. The van der Waals surface area contributed by atoms with Crippen molar-refractivity contribution in [3.8, 4) is 0 Å². The number of aliphatic hydroxyl groups is 1. The molecule has 1 aliphatic rings. The molecule has 0 bridgehead atoms. The summed E-state index contributed by atoms with van der Waals surface area (Å²) in [5, 5.41) is 43.3. The van der Waals surface area contributed by atoms with Crippen LogP contribution < -0.4 is 75.9 Å². The number of amides is 11. The highest BCUT2D eigenvalue weighted by molar-refractivity contribution is 7.98. The lowest BCUT2D eigenvalue weighted by molar-refractivity contribution is -0.139. The number of hydrogen-bond acceptors (Lipinski definition) is 17. The Bertz CT molecular complexity index is 2390. The van der Waals surface area contributed by atoms with Gasteiger partial charge < -0.3 is 80.2 Å². The number of H-pyrrole nitrogens is 1. The number of guanidine groups is 1. The second kappa shape index (κ2) is 38.3. The van der Waals surface area contributed by atoms with Gasteiger partial charge in [0.15, 0.2) is 5.96 Å². The number of aliphatic carboxylic acids is 1. The Morgan fingerprint density at radius 2 is 1.19 bits per heavy atom. The van der Waals surface area contributed by atoms with Crippen LogP contribution in [0.1, 0.15) is 131 Å². The Labute approximate surface area is 492 Å². The number of aliphatic hydroxyl groups excluding tert-OH is 1. The van der Waals surface area contributed by atoms with E-state index in [1.54, 1.807) is 20.1 Å². The lowest BCUT2D eigenvalue weighted by atomic mass is 10.0. The van der Waals surface area contributed by atoms with E-state index in [-0.39, 0.29) is 75.8 Å². The first kappa shape index (κ1) is 72.5. The maximum absolute atomic E-state index is 14.2. The molecule has 472 valence electrons. The van der Waals surface area contributed by atoms with E-state index in [1.807, 2.05) is 13.8 Å². The quantitative estimate of drug-likeness (QED) is 0.0356. The molecule has 84 heavy (non-hydrogen) atoms. The predicted octanol–water partition coefficient (Wildman–Crippen LogP) is -4.06. The summed E-state index contributed by atoms with van der Waals surface area (Å²) >= 11 is 1.33. The van der Waals surface area contributed by atoms with Crippen molar-refractivity contribution in [2.45, 2.75) is 192 Å². The van der Waals surface area contributed by atoms with E-state index < -0.39 is 151 Å². The standard InChI is InChI=1S/C52H89N17O14S/c1-27(2)21-35-44(76)57-18-11-9-8-10-14-40(72)67-42(30(6)70)51(83)63-33(15-16-41(73)74)47(79)61-32(13-12-19-58-52(54)55)46(78)62-34(17-20-84-7)45(77)60-29(5)43(75)69-68-38(22-28(3)4)50(82)65-36(23-31-25-56-26-59-31)48(80)66-37(24-39(53)71)49(81)64-35/h25-30,32-38,42,68,70H,8-24H2,1-7H3,(H2,53,71)(H,56,59)(H,57,76)(H,60,77)(H,61,79)(H,62,78)(H,63,83)(H,64,81)(H,65,82)(H,66,80)(H,67,72)(H,69,75)(H,73,74)(H4,54,55,58)/t29-,30+,32-,33-,34-,35-,36-,37-,38-,42-/m0/s1. The summed E-state index contributed by atoms with van der Waals surface area (Å²) in [6.07, 6.45) is 2.73. The molecule has 2 heterocycles. The minimum Gasteiger partial charge on any atom is -0.481 e. The van der Waals surface area contributed by atoms with Gasteiger partial charge in [0.25, 0.3) is 5.91 Å². The lowest BCUT2D eigenvalue weighted by Crippen LogP contribution is -2.61. The van der Waals surface area contributed by atoms with Crippen molar-refractivity contribution in [2.75, 3.05) is 25.1 Å². The molecule has 1 fully saturated rings. The zero-order valence-corrected chi connectivity index (χ0v) is 49.7. The van der Waals surface area contributed by atoms with E-state index in [0.717, 1.165) is 0 Å². The molecule has 0 aliphatic carbocycles. The Balaban J connectivity index is 2.64. The van der Waals surface area contributed by atoms with Gasteiger partial charge in [0, 0.05) is 44.2 Å². The summed E-state index contributed by atoms with van der Waals surface area (Å²) in [5.74, 6) is -11.1. The van der Waals surface area contributed by atoms with Crippen LogP contribution in [-0.2, 0) is 64.0 Å². The van der Waals surface area contributed by atoms with Crippen molar-refractivity contribution in [1.82, 2.24) is 68.7 Å². The number of carbonyl (C=O) groups excluding carboxylic acids is 11. The summed E-state index contributed by atoms with van der Waals surface area (Å²) in [6.45, 7) is 9.89. The molecular weight excluding hydrogens is 1120 g/mol. The second-order valence-corrected chi connectivity index (χ2v) is 22.4. The first-order chi connectivity index (χ1) is 39.6. The molecule has 1 aromatic heterocycles. The normalized spacial score (nSPS) is 24.8. The number of imidazole rings is 1. The molecule has 0 spiro atoms. The summed E-state index contributed by atoms with van der Waals surface area (Å²) in [6, 6.07) is -12.8. The molecule has 2 rings (SSSR count). The van der Waals surface area contributed by atoms with Gasteiger partial charge in [0.1, 0.15) is 54.4 Å². The molecule has 10 atom stereocenters. The van der Waals surface area contributed by atoms with E-state index in [9.17, 15) is 67.7 Å². The highest BCUT2D eigenvalue weighted by Gasteiger charge is 2.36. The number of thioether (sulfide) groups is 1. The molecule has 1 aromatic rings. The van der Waals surface area contributed by atoms with Crippen molar-refractivity contribution in [1.29, 1.82) is 0 Å². The van der Waals surface area contributed by atoms with Crippen LogP contribution in [0.5, 0.6) is 0 Å². The molecule has 0 unspecified atom stereocenters. The van der Waals surface area contributed by atoms with Crippen LogP contribution in [0.2, 0.25) is 0 Å². The van der Waals surface area contributed by atoms with Gasteiger partial charge in [-0.1, -0.05) is 40.5 Å². The molecular formula is C52H89N17O14S. The Hall–Kier alpha value is -7.61. The van der Waals surface area contributed by atoms with Crippen LogP contribution >= 0.6 is 11.8 Å². The largest absolute Gasteiger partial charge is 0.481 e. The zero-order chi connectivity index (χ0) is 63.1. The topological polar surface area (TPSA) is 497 Å². The fourth-order valence-electron chi connectivity index (χ4n) is 8.47. The van der Waals surface area contributed by atoms with Gasteiger partial charge in [-0.3, -0.25) is 68.0 Å². The molecule has 32 heteroatoms. The SMILES string of the molecule is CSCC[C@@H]1NC(=O)[C@H](CCCN=C(N)N)NC(=O)[C@H](CCC(=O)O)NC(=O)[C@H]([C@@H](C)O)NC(=O)CCCCCCNC(=O)[C@H](CC(C)C)NC(=O)[C@H](CC(N)=O)NC(=O)[C@H](Cc2cnc[nH]2)NC(=O)[C@H](CC(C)C)NNC(=O)[C@H](C)NC1=O. The fourth-order valence-corrected chi connectivity index (χ4v) is 8.95. The number of hydrogen-bond donors (Lipinski definition) is 17. The molecule has 0 radical (unpaired) electrons. The molecule has 31 nitrogen and oxygen atoms in total. The number of hydrazine groups is 1. The summed E-state index contributed by atoms with van der Waals surface area (Å²) in [5.41, 5.74) is 22.0. The fraction of sp³-hybridized carbons (Fsp3) is 0.692. The number of nitrogens with zero attached hydrogens (tertiary/aromatic N) is 2. The second-order valence-electron chi connectivity index (χ2n) is 21.4. The van der Waals surface area contributed by atoms with E-state index in [0.29, 0.717) is 37.1 Å². The number of carboxylic acid groups (broad SMARTS) is 1. The number of nitrogens with two attached hydrogens (primary N) is 3. The van der Waals surface area contributed by atoms with E-state index in [2.05, 4.69) is 73.7 Å². The van der Waals surface area contributed by atoms with E-state index >= 15 is 0 Å². The number of carboxylic acids is 1. The van der Waals surface area contributed by atoms with E-state index in [4.69, 9.17) is 17.2 Å². The van der Waals surface area contributed by atoms with Crippen molar-refractivity contribution in [3.63, 3.8) is 0 Å². The monoisotopic (exact) mass is 1210 g/mol. The first-order valence-corrected chi connectivity index (χ1v) is 29.5. The zero-order valence-electron chi connectivity index (χ0n) is 48.9. The number of carbonyl (C=O) groups is 12. The molecule has 20 N–H and O–H groups in total. The van der Waals surface area contributed by atoms with Gasteiger partial charge >= 0.3 is 5.97 Å². The lowest BCUT2D eigenvalue weighted by Gasteiger charge is -2.28. The smallest absolute Gasteiger partial charge is 0.303 e. The number of nitrogens with one attached hydrogen (secondary N) is 12. The average Bonchev–Trinajstić information content (AvgIpc) is 4.09. The van der Waals surface area contributed by atoms with Gasteiger partial charge in [-0.2, -0.15) is 11.8 Å². The number of aliphatic imine (C=N–C) groups is 1. The third-order valence-corrected chi connectivity index (χ3v) is 13.6. The Morgan fingerprint density at radius 1 is 0.655 bits per heavy atom. The molecule has 0 saturated carbocycles. The van der Waals surface area contributed by atoms with Crippen LogP contribution in [-0.4, -0.2) is 183 Å². The number of aromatic nitrogens is 2. The maximum Gasteiger partial charge on any atom is 0.303 e. The van der Waals surface area contributed by atoms with Crippen molar-refractivity contribution in [3.05, 3.63) is 18.2 Å². The third kappa shape index (κ3) is 28.6.